The first-order valence-corrected chi connectivity index (χ1v) is 3.44. The minimum absolute atomic E-state index is 0.232. The topological polar surface area (TPSA) is 53.2 Å². The molecule has 0 bridgehead atoms. The molecule has 0 aromatic carbocycles. The third kappa shape index (κ3) is 1.69. The molecule has 10 heavy (non-hydrogen) atoms. The van der Waals surface area contributed by atoms with Crippen molar-refractivity contribution in [1.29, 1.82) is 5.26 Å². The van der Waals surface area contributed by atoms with E-state index >= 15 is 0 Å². The van der Waals surface area contributed by atoms with E-state index in [1.54, 1.807) is 0 Å². The third-order valence-corrected chi connectivity index (χ3v) is 1.83. The lowest BCUT2D eigenvalue weighted by Crippen LogP contribution is -2.35. The van der Waals surface area contributed by atoms with Gasteiger partial charge < -0.3 is 9.84 Å². The van der Waals surface area contributed by atoms with Crippen LogP contribution in [0.5, 0.6) is 0 Å². The van der Waals surface area contributed by atoms with Crippen LogP contribution in [-0.2, 0) is 4.74 Å². The third-order valence-electron chi connectivity index (χ3n) is 1.83. The Morgan fingerprint density at radius 2 is 2.10 bits per heavy atom. The van der Waals surface area contributed by atoms with Crippen LogP contribution in [0.15, 0.2) is 0 Å². The van der Waals surface area contributed by atoms with E-state index in [2.05, 4.69) is 0 Å². The van der Waals surface area contributed by atoms with Crippen LogP contribution in [0.4, 0.5) is 0 Å². The van der Waals surface area contributed by atoms with Gasteiger partial charge in [0.2, 0.25) is 0 Å². The van der Waals surface area contributed by atoms with Gasteiger partial charge in [0.25, 0.3) is 0 Å². The maximum absolute atomic E-state index is 9.57. The number of nitrogens with zero attached hydrogens (tertiary/aromatic N) is 1. The van der Waals surface area contributed by atoms with Crippen LogP contribution in [0.1, 0.15) is 19.3 Å². The lowest BCUT2D eigenvalue weighted by Gasteiger charge is -2.29. The summed E-state index contributed by atoms with van der Waals surface area (Å²) in [6.45, 7) is 1.16. The molecule has 3 heteroatoms. The molecule has 0 aromatic rings. The van der Waals surface area contributed by atoms with Gasteiger partial charge in [-0.15, -0.1) is 0 Å². The molecule has 1 aliphatic rings. The quantitative estimate of drug-likeness (QED) is 0.576. The van der Waals surface area contributed by atoms with Gasteiger partial charge in [0.05, 0.1) is 18.1 Å². The molecule has 1 N–H and O–H groups in total. The highest BCUT2D eigenvalue weighted by Gasteiger charge is 2.28. The van der Waals surface area contributed by atoms with Gasteiger partial charge in [-0.1, -0.05) is 0 Å². The number of aliphatic hydroxyl groups is 1. The van der Waals surface area contributed by atoms with Crippen LogP contribution in [0.3, 0.4) is 0 Å². The minimum Gasteiger partial charge on any atom is -0.389 e. The first kappa shape index (κ1) is 7.52. The standard InChI is InChI=1S/C7H11NO2/c8-4-1-7(9)2-5-10-6-3-7/h9H,1-3,5-6H2. The summed E-state index contributed by atoms with van der Waals surface area (Å²) in [7, 11) is 0. The molecule has 1 saturated heterocycles. The maximum atomic E-state index is 9.57. The zero-order valence-corrected chi connectivity index (χ0v) is 5.84. The number of hydrogen-bond donors (Lipinski definition) is 1. The minimum atomic E-state index is -0.757. The Morgan fingerprint density at radius 1 is 1.50 bits per heavy atom. The molecule has 3 nitrogen and oxygen atoms in total. The van der Waals surface area contributed by atoms with E-state index in [1.165, 1.54) is 0 Å². The van der Waals surface area contributed by atoms with Crippen molar-refractivity contribution in [1.82, 2.24) is 0 Å². The van der Waals surface area contributed by atoms with Crippen LogP contribution >= 0.6 is 0 Å². The summed E-state index contributed by atoms with van der Waals surface area (Å²) in [5.41, 5.74) is -0.757. The first-order chi connectivity index (χ1) is 4.77. The summed E-state index contributed by atoms with van der Waals surface area (Å²) in [5.74, 6) is 0. The second-order valence-electron chi connectivity index (χ2n) is 2.67. The van der Waals surface area contributed by atoms with Crippen molar-refractivity contribution in [3.05, 3.63) is 0 Å². The Bertz CT molecular complexity index is 144. The molecule has 0 amide bonds. The van der Waals surface area contributed by atoms with E-state index in [1.807, 2.05) is 6.07 Å². The maximum Gasteiger partial charge on any atom is 0.0820 e. The Balaban J connectivity index is 2.42. The highest BCUT2D eigenvalue weighted by molar-refractivity contribution is 4.90. The van der Waals surface area contributed by atoms with Gasteiger partial charge in [0.15, 0.2) is 0 Å². The van der Waals surface area contributed by atoms with Crippen molar-refractivity contribution in [3.63, 3.8) is 0 Å². The fourth-order valence-corrected chi connectivity index (χ4v) is 1.08. The lowest BCUT2D eigenvalue weighted by molar-refractivity contribution is -0.0599. The molecule has 0 spiro atoms. The zero-order valence-electron chi connectivity index (χ0n) is 5.84. The molecule has 0 aromatic heterocycles. The van der Waals surface area contributed by atoms with E-state index in [0.29, 0.717) is 26.1 Å². The second-order valence-corrected chi connectivity index (χ2v) is 2.67. The van der Waals surface area contributed by atoms with Gasteiger partial charge in [-0.05, 0) is 0 Å². The number of rotatable bonds is 1. The monoisotopic (exact) mass is 141 g/mol. The van der Waals surface area contributed by atoms with Crippen molar-refractivity contribution >= 4 is 0 Å². The van der Waals surface area contributed by atoms with Crippen molar-refractivity contribution in [3.8, 4) is 6.07 Å². The average Bonchev–Trinajstić information content (AvgIpc) is 1.89. The van der Waals surface area contributed by atoms with E-state index < -0.39 is 5.60 Å². The van der Waals surface area contributed by atoms with Crippen molar-refractivity contribution in [2.24, 2.45) is 0 Å². The summed E-state index contributed by atoms with van der Waals surface area (Å²) in [6.07, 6.45) is 1.43. The van der Waals surface area contributed by atoms with Gasteiger partial charge in [-0.3, -0.25) is 0 Å². The van der Waals surface area contributed by atoms with Crippen LogP contribution in [-0.4, -0.2) is 23.9 Å². The molecule has 56 valence electrons. The molecule has 0 radical (unpaired) electrons. The molecule has 1 rings (SSSR count). The van der Waals surface area contributed by atoms with Gasteiger partial charge in [0, 0.05) is 26.1 Å². The second kappa shape index (κ2) is 3.00. The van der Waals surface area contributed by atoms with E-state index in [0.717, 1.165) is 0 Å². The summed E-state index contributed by atoms with van der Waals surface area (Å²) in [5, 5.41) is 17.9. The molecular weight excluding hydrogens is 130 g/mol. The highest BCUT2D eigenvalue weighted by Crippen LogP contribution is 2.22. The summed E-state index contributed by atoms with van der Waals surface area (Å²) in [4.78, 5) is 0. The Morgan fingerprint density at radius 3 is 2.60 bits per heavy atom. The number of nitriles is 1. The smallest absolute Gasteiger partial charge is 0.0820 e. The fraction of sp³-hybridized carbons (Fsp3) is 0.857. The molecule has 0 atom stereocenters. The molecule has 0 aliphatic carbocycles. The highest BCUT2D eigenvalue weighted by atomic mass is 16.5. The van der Waals surface area contributed by atoms with E-state index in [9.17, 15) is 5.11 Å². The van der Waals surface area contributed by atoms with Crippen LogP contribution in [0, 0.1) is 11.3 Å². The molecule has 0 saturated carbocycles. The average molecular weight is 141 g/mol. The summed E-state index contributed by atoms with van der Waals surface area (Å²) < 4.78 is 5.04. The summed E-state index contributed by atoms with van der Waals surface area (Å²) >= 11 is 0. The van der Waals surface area contributed by atoms with Crippen LogP contribution in [0.25, 0.3) is 0 Å². The largest absolute Gasteiger partial charge is 0.389 e. The van der Waals surface area contributed by atoms with E-state index in [4.69, 9.17) is 10.00 Å². The van der Waals surface area contributed by atoms with Crippen molar-refractivity contribution in [2.75, 3.05) is 13.2 Å². The Hall–Kier alpha value is -0.590. The SMILES string of the molecule is N#CCC1(O)CCOCC1. The predicted octanol–water partition coefficient (Wildman–Crippen LogP) is 0.442. The molecule has 1 heterocycles. The zero-order chi connectivity index (χ0) is 7.45. The van der Waals surface area contributed by atoms with Crippen molar-refractivity contribution in [2.45, 2.75) is 24.9 Å². The molecular formula is C7H11NO2. The fourth-order valence-electron chi connectivity index (χ4n) is 1.08. The lowest BCUT2D eigenvalue weighted by atomic mass is 9.92. The summed E-state index contributed by atoms with van der Waals surface area (Å²) in [6, 6.07) is 1.97. The number of ether oxygens (including phenoxy) is 1. The van der Waals surface area contributed by atoms with Crippen LogP contribution < -0.4 is 0 Å². The number of hydrogen-bond acceptors (Lipinski definition) is 3. The molecule has 1 fully saturated rings. The normalized spacial score (nSPS) is 23.6. The predicted molar refractivity (Wildman–Crippen MR) is 35.2 cm³/mol. The Kier molecular flexibility index (Phi) is 2.25. The first-order valence-electron chi connectivity index (χ1n) is 3.44. The Labute approximate surface area is 60.2 Å². The van der Waals surface area contributed by atoms with E-state index in [-0.39, 0.29) is 6.42 Å². The van der Waals surface area contributed by atoms with Gasteiger partial charge in [0.1, 0.15) is 0 Å². The molecule has 1 aliphatic heterocycles. The van der Waals surface area contributed by atoms with Crippen molar-refractivity contribution < 1.29 is 9.84 Å². The van der Waals surface area contributed by atoms with Gasteiger partial charge in [-0.2, -0.15) is 5.26 Å². The van der Waals surface area contributed by atoms with Gasteiger partial charge >= 0.3 is 0 Å². The van der Waals surface area contributed by atoms with Gasteiger partial charge in [-0.25, -0.2) is 0 Å². The molecule has 0 unspecified atom stereocenters. The van der Waals surface area contributed by atoms with Crippen LogP contribution in [0.2, 0.25) is 0 Å².